The van der Waals surface area contributed by atoms with Crippen molar-refractivity contribution in [2.45, 2.75) is 19.4 Å². The number of carbonyl (C=O) groups is 1. The second-order valence-electron chi connectivity index (χ2n) is 5.64. The van der Waals surface area contributed by atoms with Crippen molar-refractivity contribution in [2.75, 3.05) is 12.3 Å². The first-order valence-electron chi connectivity index (χ1n) is 7.67. The van der Waals surface area contributed by atoms with Gasteiger partial charge in [0, 0.05) is 18.5 Å². The molecule has 3 N–H and O–H groups in total. The average molecular weight is 324 g/mol. The van der Waals surface area contributed by atoms with E-state index in [0.29, 0.717) is 31.2 Å². The summed E-state index contributed by atoms with van der Waals surface area (Å²) in [6, 6.07) is 9.74. The van der Waals surface area contributed by atoms with Gasteiger partial charge in [-0.3, -0.25) is 9.89 Å². The first kappa shape index (κ1) is 14.4. The van der Waals surface area contributed by atoms with Crippen molar-refractivity contribution < 1.29 is 9.21 Å². The molecule has 0 fully saturated rings. The monoisotopic (exact) mass is 324 g/mol. The van der Waals surface area contributed by atoms with E-state index < -0.39 is 0 Å². The standard InChI is InChI=1S/C16H16N6O2/c17-16-19-13(20-21-16)8-14(23)22-7-6-12-11(9-22)18-15(24-12)10-4-2-1-3-5-10/h1-5H,6-9H2,(H3,17,19,20,21). The number of fused-ring (bicyclic) bond motifs is 1. The second-order valence-corrected chi connectivity index (χ2v) is 5.64. The van der Waals surface area contributed by atoms with Gasteiger partial charge in [-0.05, 0) is 12.1 Å². The Bertz CT molecular complexity index is 870. The lowest BCUT2D eigenvalue weighted by atomic mass is 10.1. The molecule has 0 atom stereocenters. The molecule has 4 rings (SSSR count). The molecule has 8 nitrogen and oxygen atoms in total. The third kappa shape index (κ3) is 2.73. The summed E-state index contributed by atoms with van der Waals surface area (Å²) in [5, 5.41) is 6.38. The van der Waals surface area contributed by atoms with Crippen molar-refractivity contribution in [3.63, 3.8) is 0 Å². The summed E-state index contributed by atoms with van der Waals surface area (Å²) in [5.74, 6) is 2.01. The van der Waals surface area contributed by atoms with Crippen LogP contribution in [-0.4, -0.2) is 37.5 Å². The van der Waals surface area contributed by atoms with Crippen LogP contribution < -0.4 is 5.73 Å². The molecule has 0 unspecified atom stereocenters. The molecule has 0 spiro atoms. The lowest BCUT2D eigenvalue weighted by Crippen LogP contribution is -2.37. The minimum atomic E-state index is -0.0407. The largest absolute Gasteiger partial charge is 0.441 e. The number of aromatic nitrogens is 4. The molecule has 3 heterocycles. The number of amides is 1. The van der Waals surface area contributed by atoms with E-state index in [-0.39, 0.29) is 18.3 Å². The normalized spacial score (nSPS) is 13.8. The van der Waals surface area contributed by atoms with Crippen LogP contribution in [0, 0.1) is 0 Å². The molecule has 3 aromatic rings. The summed E-state index contributed by atoms with van der Waals surface area (Å²) in [6.45, 7) is 1.03. The van der Waals surface area contributed by atoms with Crippen LogP contribution in [0.3, 0.4) is 0 Å². The van der Waals surface area contributed by atoms with Gasteiger partial charge in [-0.2, -0.15) is 4.98 Å². The van der Waals surface area contributed by atoms with Crippen LogP contribution >= 0.6 is 0 Å². The molecule has 2 aromatic heterocycles. The maximum absolute atomic E-state index is 12.4. The smallest absolute Gasteiger partial charge is 0.239 e. The Morgan fingerprint density at radius 3 is 2.88 bits per heavy atom. The van der Waals surface area contributed by atoms with E-state index in [1.165, 1.54) is 0 Å². The first-order valence-corrected chi connectivity index (χ1v) is 7.67. The zero-order chi connectivity index (χ0) is 16.5. The Balaban J connectivity index is 1.49. The molecule has 0 radical (unpaired) electrons. The minimum absolute atomic E-state index is 0.0407. The summed E-state index contributed by atoms with van der Waals surface area (Å²) in [6.07, 6.45) is 0.794. The number of nitrogens with one attached hydrogen (secondary N) is 1. The molecule has 1 aromatic carbocycles. The maximum Gasteiger partial charge on any atom is 0.239 e. The van der Waals surface area contributed by atoms with Crippen LogP contribution in [-0.2, 0) is 24.2 Å². The summed E-state index contributed by atoms with van der Waals surface area (Å²) < 4.78 is 5.85. The van der Waals surface area contributed by atoms with E-state index in [1.807, 2.05) is 30.3 Å². The van der Waals surface area contributed by atoms with Crippen molar-refractivity contribution in [1.29, 1.82) is 0 Å². The van der Waals surface area contributed by atoms with Gasteiger partial charge in [0.1, 0.15) is 17.3 Å². The number of anilines is 1. The molecule has 8 heteroatoms. The predicted octanol–water partition coefficient (Wildman–Crippen LogP) is 1.17. The molecule has 0 aliphatic carbocycles. The Morgan fingerprint density at radius 2 is 2.12 bits per heavy atom. The van der Waals surface area contributed by atoms with Crippen molar-refractivity contribution in [1.82, 2.24) is 25.1 Å². The molecule has 0 bridgehead atoms. The minimum Gasteiger partial charge on any atom is -0.441 e. The Kier molecular flexibility index (Phi) is 3.49. The third-order valence-electron chi connectivity index (χ3n) is 3.97. The molecular weight excluding hydrogens is 308 g/mol. The van der Waals surface area contributed by atoms with Crippen molar-refractivity contribution in [3.8, 4) is 11.5 Å². The van der Waals surface area contributed by atoms with E-state index in [2.05, 4.69) is 20.2 Å². The fraction of sp³-hybridized carbons (Fsp3) is 0.250. The van der Waals surface area contributed by atoms with Gasteiger partial charge in [0.2, 0.25) is 17.7 Å². The highest BCUT2D eigenvalue weighted by Crippen LogP contribution is 2.26. The number of carbonyl (C=O) groups excluding carboxylic acids is 1. The first-order chi connectivity index (χ1) is 11.7. The number of rotatable bonds is 3. The lowest BCUT2D eigenvalue weighted by molar-refractivity contribution is -0.131. The van der Waals surface area contributed by atoms with Gasteiger partial charge in [0.05, 0.1) is 13.0 Å². The highest BCUT2D eigenvalue weighted by Gasteiger charge is 2.26. The van der Waals surface area contributed by atoms with Crippen molar-refractivity contribution in [2.24, 2.45) is 0 Å². The maximum atomic E-state index is 12.4. The number of H-pyrrole nitrogens is 1. The molecule has 1 aliphatic heterocycles. The van der Waals surface area contributed by atoms with Crippen molar-refractivity contribution in [3.05, 3.63) is 47.6 Å². The number of hydrogen-bond acceptors (Lipinski definition) is 6. The molecule has 0 saturated heterocycles. The SMILES string of the molecule is Nc1n[nH]c(CC(=O)N2CCc3oc(-c4ccccc4)nc3C2)n1. The van der Waals surface area contributed by atoms with E-state index in [4.69, 9.17) is 10.2 Å². The fourth-order valence-electron chi connectivity index (χ4n) is 2.76. The van der Waals surface area contributed by atoms with Crippen LogP contribution in [0.5, 0.6) is 0 Å². The van der Waals surface area contributed by atoms with Crippen LogP contribution in [0.25, 0.3) is 11.5 Å². The lowest BCUT2D eigenvalue weighted by Gasteiger charge is -2.24. The summed E-state index contributed by atoms with van der Waals surface area (Å²) in [4.78, 5) is 22.7. The topological polar surface area (TPSA) is 114 Å². The average Bonchev–Trinajstić information content (AvgIpc) is 3.21. The Hall–Kier alpha value is -3.16. The third-order valence-corrected chi connectivity index (χ3v) is 3.97. The van der Waals surface area contributed by atoms with Gasteiger partial charge in [-0.1, -0.05) is 18.2 Å². The Morgan fingerprint density at radius 1 is 1.29 bits per heavy atom. The van der Waals surface area contributed by atoms with E-state index >= 15 is 0 Å². The summed E-state index contributed by atoms with van der Waals surface area (Å²) >= 11 is 0. The number of nitrogen functional groups attached to an aromatic ring is 1. The fourth-order valence-corrected chi connectivity index (χ4v) is 2.76. The molecule has 1 aliphatic rings. The van der Waals surface area contributed by atoms with Crippen LogP contribution in [0.1, 0.15) is 17.3 Å². The van der Waals surface area contributed by atoms with E-state index in [1.54, 1.807) is 4.90 Å². The van der Waals surface area contributed by atoms with E-state index in [9.17, 15) is 4.79 Å². The molecule has 122 valence electrons. The van der Waals surface area contributed by atoms with Gasteiger partial charge >= 0.3 is 0 Å². The zero-order valence-corrected chi connectivity index (χ0v) is 12.9. The summed E-state index contributed by atoms with van der Waals surface area (Å²) in [7, 11) is 0. The highest BCUT2D eigenvalue weighted by atomic mass is 16.4. The second kappa shape index (κ2) is 5.80. The zero-order valence-electron chi connectivity index (χ0n) is 12.9. The number of aromatic amines is 1. The molecule has 0 saturated carbocycles. The van der Waals surface area contributed by atoms with Gasteiger partial charge in [0.15, 0.2) is 0 Å². The van der Waals surface area contributed by atoms with Crippen LogP contribution in [0.2, 0.25) is 0 Å². The number of benzene rings is 1. The highest BCUT2D eigenvalue weighted by molar-refractivity contribution is 5.78. The molecule has 1 amide bonds. The van der Waals surface area contributed by atoms with Crippen molar-refractivity contribution >= 4 is 11.9 Å². The van der Waals surface area contributed by atoms with Gasteiger partial charge in [-0.15, -0.1) is 5.10 Å². The number of nitrogens with zero attached hydrogens (tertiary/aromatic N) is 4. The van der Waals surface area contributed by atoms with Gasteiger partial charge in [-0.25, -0.2) is 4.98 Å². The number of oxazole rings is 1. The number of nitrogens with two attached hydrogens (primary N) is 1. The van der Waals surface area contributed by atoms with Gasteiger partial charge in [0.25, 0.3) is 0 Å². The number of hydrogen-bond donors (Lipinski definition) is 2. The predicted molar refractivity (Wildman–Crippen MR) is 85.6 cm³/mol. The van der Waals surface area contributed by atoms with Gasteiger partial charge < -0.3 is 15.1 Å². The van der Waals surface area contributed by atoms with Crippen LogP contribution in [0.4, 0.5) is 5.95 Å². The molecule has 24 heavy (non-hydrogen) atoms. The van der Waals surface area contributed by atoms with E-state index in [0.717, 1.165) is 17.0 Å². The Labute approximate surface area is 137 Å². The quantitative estimate of drug-likeness (QED) is 0.747. The van der Waals surface area contributed by atoms with Crippen LogP contribution in [0.15, 0.2) is 34.7 Å². The molecular formula is C16H16N6O2. The summed E-state index contributed by atoms with van der Waals surface area (Å²) in [5.41, 5.74) is 7.20.